The van der Waals surface area contributed by atoms with E-state index in [1.165, 1.54) is 19.3 Å². The summed E-state index contributed by atoms with van der Waals surface area (Å²) in [7, 11) is 0. The molecule has 5 aliphatic rings. The number of fused-ring (bicyclic) bond motifs is 3. The third-order valence-corrected chi connectivity index (χ3v) is 7.69. The summed E-state index contributed by atoms with van der Waals surface area (Å²) in [6.07, 6.45) is 9.39. The molecule has 4 aliphatic heterocycles. The van der Waals surface area contributed by atoms with E-state index in [1.54, 1.807) is 0 Å². The van der Waals surface area contributed by atoms with Gasteiger partial charge < -0.3 is 9.47 Å². The van der Waals surface area contributed by atoms with Crippen molar-refractivity contribution in [2.24, 2.45) is 23.7 Å². The fraction of sp³-hybridized carbons (Fsp3) is 0.895. The minimum Gasteiger partial charge on any atom is -0.359 e. The van der Waals surface area contributed by atoms with Crippen LogP contribution in [-0.2, 0) is 9.47 Å². The van der Waals surface area contributed by atoms with Gasteiger partial charge in [-0.15, -0.1) is 0 Å². The molecule has 5 rings (SSSR count). The highest BCUT2D eigenvalue weighted by Gasteiger charge is 2.69. The van der Waals surface area contributed by atoms with Gasteiger partial charge in [-0.05, 0) is 44.6 Å². The Bertz CT molecular complexity index is 530. The molecular weight excluding hydrogens is 274 g/mol. The van der Waals surface area contributed by atoms with Crippen LogP contribution in [0.25, 0.3) is 0 Å². The molecule has 2 bridgehead atoms. The van der Waals surface area contributed by atoms with E-state index >= 15 is 0 Å². The number of nitrogens with zero attached hydrogens (tertiary/aromatic N) is 1. The first-order valence-corrected chi connectivity index (χ1v) is 9.23. The van der Waals surface area contributed by atoms with E-state index in [4.69, 9.17) is 9.47 Å². The van der Waals surface area contributed by atoms with Crippen molar-refractivity contribution in [3.8, 4) is 0 Å². The second-order valence-corrected chi connectivity index (χ2v) is 9.12. The van der Waals surface area contributed by atoms with Crippen LogP contribution < -0.4 is 0 Å². The normalized spacial score (nSPS) is 58.5. The van der Waals surface area contributed by atoms with Crippen molar-refractivity contribution in [3.05, 3.63) is 12.2 Å². The predicted molar refractivity (Wildman–Crippen MR) is 85.3 cm³/mol. The smallest absolute Gasteiger partial charge is 0.144 e. The Labute approximate surface area is 134 Å². The molecule has 122 valence electrons. The van der Waals surface area contributed by atoms with Crippen LogP contribution in [0.2, 0.25) is 0 Å². The minimum atomic E-state index is -0.160. The van der Waals surface area contributed by atoms with Crippen LogP contribution in [-0.4, -0.2) is 41.0 Å². The predicted octanol–water partition coefficient (Wildman–Crippen LogP) is 3.20. The zero-order valence-corrected chi connectivity index (χ0v) is 14.3. The SMILES string of the molecule is C[C@@H]1CC[C@@H]2[C@@H](C1)O[C@@H]1N(C[C@@H]3[C@@H](C)[C@@H]4C=C[C@@]31O4)C2(C)C. The van der Waals surface area contributed by atoms with Gasteiger partial charge in [0.05, 0.1) is 12.2 Å². The summed E-state index contributed by atoms with van der Waals surface area (Å²) in [6, 6.07) is 0. The lowest BCUT2D eigenvalue weighted by atomic mass is 9.70. The fourth-order valence-corrected chi connectivity index (χ4v) is 6.26. The Hall–Kier alpha value is -0.380. The Kier molecular flexibility index (Phi) is 2.66. The van der Waals surface area contributed by atoms with Crippen LogP contribution in [0.1, 0.15) is 47.0 Å². The van der Waals surface area contributed by atoms with E-state index in [-0.39, 0.29) is 17.4 Å². The summed E-state index contributed by atoms with van der Waals surface area (Å²) in [5.74, 6) is 2.69. The van der Waals surface area contributed by atoms with E-state index in [1.807, 2.05) is 0 Å². The monoisotopic (exact) mass is 303 g/mol. The lowest BCUT2D eigenvalue weighted by Crippen LogP contribution is -2.65. The third-order valence-electron chi connectivity index (χ3n) is 7.69. The topological polar surface area (TPSA) is 21.7 Å². The maximum absolute atomic E-state index is 6.75. The minimum absolute atomic E-state index is 0.130. The molecule has 0 amide bonds. The van der Waals surface area contributed by atoms with Crippen LogP contribution in [0.4, 0.5) is 0 Å². The molecule has 3 saturated heterocycles. The van der Waals surface area contributed by atoms with Crippen molar-refractivity contribution >= 4 is 0 Å². The van der Waals surface area contributed by atoms with Crippen molar-refractivity contribution in [3.63, 3.8) is 0 Å². The fourth-order valence-electron chi connectivity index (χ4n) is 6.26. The quantitative estimate of drug-likeness (QED) is 0.642. The summed E-state index contributed by atoms with van der Waals surface area (Å²) < 4.78 is 13.2. The Balaban J connectivity index is 1.54. The van der Waals surface area contributed by atoms with Gasteiger partial charge in [-0.3, -0.25) is 4.90 Å². The first kappa shape index (κ1) is 14.0. The second kappa shape index (κ2) is 4.17. The molecule has 0 aromatic heterocycles. The maximum atomic E-state index is 6.75. The average molecular weight is 303 g/mol. The van der Waals surface area contributed by atoms with Crippen molar-refractivity contribution in [2.75, 3.05) is 6.54 Å². The highest BCUT2D eigenvalue weighted by molar-refractivity contribution is 5.29. The molecule has 1 aliphatic carbocycles. The van der Waals surface area contributed by atoms with E-state index in [9.17, 15) is 0 Å². The van der Waals surface area contributed by atoms with Crippen LogP contribution in [0.3, 0.4) is 0 Å². The van der Waals surface area contributed by atoms with Gasteiger partial charge >= 0.3 is 0 Å². The first-order valence-electron chi connectivity index (χ1n) is 9.23. The molecule has 0 aromatic carbocycles. The molecule has 0 radical (unpaired) electrons. The van der Waals surface area contributed by atoms with Gasteiger partial charge in [0.15, 0.2) is 0 Å². The standard InChI is InChI=1S/C19H29NO2/c1-11-5-6-13-16(9-11)21-17-19-8-7-15(22-19)12(2)14(19)10-20(17)18(13,3)4/h7-8,11-17H,5-6,9-10H2,1-4H3/t11-,12-,13-,14-,15+,16-,17+,19-/m1/s1. The number of rotatable bonds is 0. The molecule has 0 unspecified atom stereocenters. The summed E-state index contributed by atoms with van der Waals surface area (Å²) in [4.78, 5) is 2.65. The number of hydrogen-bond donors (Lipinski definition) is 0. The molecule has 3 heteroatoms. The summed E-state index contributed by atoms with van der Waals surface area (Å²) in [6.45, 7) is 10.8. The van der Waals surface area contributed by atoms with Gasteiger partial charge in [0.2, 0.25) is 0 Å². The second-order valence-electron chi connectivity index (χ2n) is 9.12. The van der Waals surface area contributed by atoms with Gasteiger partial charge in [-0.1, -0.05) is 26.3 Å². The zero-order chi connectivity index (χ0) is 15.3. The summed E-state index contributed by atoms with van der Waals surface area (Å²) in [5.41, 5.74) is 0.0643. The van der Waals surface area contributed by atoms with Crippen LogP contribution in [0.15, 0.2) is 12.2 Å². The van der Waals surface area contributed by atoms with Gasteiger partial charge in [-0.2, -0.15) is 0 Å². The highest BCUT2D eigenvalue weighted by Crippen LogP contribution is 2.59. The molecule has 4 fully saturated rings. The zero-order valence-electron chi connectivity index (χ0n) is 14.3. The largest absolute Gasteiger partial charge is 0.359 e. The Morgan fingerprint density at radius 3 is 2.77 bits per heavy atom. The lowest BCUT2D eigenvalue weighted by Gasteiger charge is -2.56. The maximum Gasteiger partial charge on any atom is 0.144 e. The molecule has 3 nitrogen and oxygen atoms in total. The molecule has 0 N–H and O–H groups in total. The molecule has 0 aromatic rings. The first-order chi connectivity index (χ1) is 10.4. The number of hydrogen-bond acceptors (Lipinski definition) is 3. The van der Waals surface area contributed by atoms with E-state index < -0.39 is 0 Å². The van der Waals surface area contributed by atoms with Gasteiger partial charge in [0, 0.05) is 23.9 Å². The van der Waals surface area contributed by atoms with E-state index in [2.05, 4.69) is 44.7 Å². The van der Waals surface area contributed by atoms with Crippen LogP contribution in [0.5, 0.6) is 0 Å². The lowest BCUT2D eigenvalue weighted by molar-refractivity contribution is -0.254. The van der Waals surface area contributed by atoms with Crippen LogP contribution in [0, 0.1) is 23.7 Å². The highest BCUT2D eigenvalue weighted by atomic mass is 16.6. The van der Waals surface area contributed by atoms with Crippen molar-refractivity contribution in [1.29, 1.82) is 0 Å². The Morgan fingerprint density at radius 2 is 1.95 bits per heavy atom. The van der Waals surface area contributed by atoms with Crippen LogP contribution >= 0.6 is 0 Å². The van der Waals surface area contributed by atoms with E-state index in [0.29, 0.717) is 30.0 Å². The van der Waals surface area contributed by atoms with Crippen molar-refractivity contribution < 1.29 is 9.47 Å². The molecule has 8 atom stereocenters. The molecular formula is C19H29NO2. The Morgan fingerprint density at radius 1 is 1.14 bits per heavy atom. The molecule has 1 spiro atoms. The van der Waals surface area contributed by atoms with Gasteiger partial charge in [0.1, 0.15) is 11.8 Å². The third kappa shape index (κ3) is 1.49. The summed E-state index contributed by atoms with van der Waals surface area (Å²) >= 11 is 0. The molecule has 1 saturated carbocycles. The van der Waals surface area contributed by atoms with Gasteiger partial charge in [-0.25, -0.2) is 0 Å². The molecule has 22 heavy (non-hydrogen) atoms. The summed E-state index contributed by atoms with van der Waals surface area (Å²) in [5, 5.41) is 0. The van der Waals surface area contributed by atoms with Crippen molar-refractivity contribution in [1.82, 2.24) is 4.90 Å². The van der Waals surface area contributed by atoms with E-state index in [0.717, 1.165) is 12.5 Å². The van der Waals surface area contributed by atoms with Gasteiger partial charge in [0.25, 0.3) is 0 Å². The molecule has 4 heterocycles. The average Bonchev–Trinajstić information content (AvgIpc) is 3.10. The number of ether oxygens (including phenoxy) is 2. The van der Waals surface area contributed by atoms with Crippen molar-refractivity contribution in [2.45, 2.75) is 76.5 Å².